The van der Waals surface area contributed by atoms with Crippen LogP contribution in [0.15, 0.2) is 12.2 Å². The minimum atomic E-state index is -2.26. The highest BCUT2D eigenvalue weighted by Gasteiger charge is 2.21. The zero-order valence-electron chi connectivity index (χ0n) is 6.99. The summed E-state index contributed by atoms with van der Waals surface area (Å²) in [5.74, 6) is -0.516. The first kappa shape index (κ1) is 11.2. The largest absolute Gasteiger partial charge is 0.721 e. The molecule has 1 atom stereocenters. The van der Waals surface area contributed by atoms with E-state index in [1.165, 1.54) is 6.92 Å². The molecular weight excluding hydrogens is 181 g/mol. The Morgan fingerprint density at radius 1 is 1.67 bits per heavy atom. The summed E-state index contributed by atoms with van der Waals surface area (Å²) in [6, 6.07) is 0. The van der Waals surface area contributed by atoms with Gasteiger partial charge in [0.1, 0.15) is 6.61 Å². The van der Waals surface area contributed by atoms with E-state index in [0.29, 0.717) is 0 Å². The molecule has 0 aliphatic heterocycles. The second kappa shape index (κ2) is 5.83. The number of hydroxylamine groups is 1. The fourth-order valence-corrected chi connectivity index (χ4v) is 0.719. The van der Waals surface area contributed by atoms with E-state index in [1.54, 1.807) is 6.92 Å². The number of hydrogen-bond donors (Lipinski definition) is 1. The molecule has 0 aliphatic rings. The maximum absolute atomic E-state index is 10.7. The maximum atomic E-state index is 10.7. The van der Waals surface area contributed by atoms with Crippen molar-refractivity contribution in [3.05, 3.63) is 12.2 Å². The molecule has 1 amide bonds. The number of carbonyl (C=O) groups excluding carboxylic acids is 1. The minimum Gasteiger partial charge on any atom is -0.267 e. The third kappa shape index (κ3) is 4.96. The Kier molecular flexibility index (Phi) is 5.45. The summed E-state index contributed by atoms with van der Waals surface area (Å²) in [7, 11) is -2.26. The smallest absolute Gasteiger partial charge is 0.267 e. The van der Waals surface area contributed by atoms with Gasteiger partial charge in [-0.05, 0) is 13.8 Å². The van der Waals surface area contributed by atoms with Crippen molar-refractivity contribution in [2.24, 2.45) is 0 Å². The Hall–Kier alpha value is -0.770. The standard InChI is InChI=1S/C6H10NO4P/c1-4-10-12(9)11-7-6(8)5(2)3/h2,4H2,1,3H3/p+1. The highest BCUT2D eigenvalue weighted by molar-refractivity contribution is 7.33. The van der Waals surface area contributed by atoms with Crippen molar-refractivity contribution in [2.75, 3.05) is 6.61 Å². The van der Waals surface area contributed by atoms with Crippen LogP contribution in [-0.4, -0.2) is 12.5 Å². The SMILES string of the molecule is C=C(C)C(=O)NO[P+](=O)OCC. The van der Waals surface area contributed by atoms with Crippen LogP contribution in [0.1, 0.15) is 13.8 Å². The first-order valence-corrected chi connectivity index (χ1v) is 4.40. The normalized spacial score (nSPS) is 10.7. The van der Waals surface area contributed by atoms with Gasteiger partial charge in [0.2, 0.25) is 0 Å². The van der Waals surface area contributed by atoms with Gasteiger partial charge in [0.25, 0.3) is 5.91 Å². The monoisotopic (exact) mass is 192 g/mol. The predicted molar refractivity (Wildman–Crippen MR) is 43.3 cm³/mol. The Morgan fingerprint density at radius 2 is 2.25 bits per heavy atom. The molecule has 0 aromatic carbocycles. The molecule has 0 spiro atoms. The Balaban J connectivity index is 3.61. The molecule has 0 aliphatic carbocycles. The molecule has 12 heavy (non-hydrogen) atoms. The van der Waals surface area contributed by atoms with Gasteiger partial charge in [0.15, 0.2) is 0 Å². The van der Waals surface area contributed by atoms with Gasteiger partial charge in [-0.1, -0.05) is 6.58 Å². The van der Waals surface area contributed by atoms with Crippen LogP contribution < -0.4 is 5.48 Å². The minimum absolute atomic E-state index is 0.262. The molecule has 0 saturated heterocycles. The van der Waals surface area contributed by atoms with Crippen LogP contribution in [0.25, 0.3) is 0 Å². The number of hydrogen-bond acceptors (Lipinski definition) is 4. The van der Waals surface area contributed by atoms with E-state index in [-0.39, 0.29) is 12.2 Å². The molecule has 0 saturated carbocycles. The van der Waals surface area contributed by atoms with Crippen molar-refractivity contribution in [3.63, 3.8) is 0 Å². The summed E-state index contributed by atoms with van der Waals surface area (Å²) < 4.78 is 19.5. The highest BCUT2D eigenvalue weighted by atomic mass is 31.1. The second-order valence-corrected chi connectivity index (χ2v) is 2.83. The predicted octanol–water partition coefficient (Wildman–Crippen LogP) is 1.30. The third-order valence-electron chi connectivity index (χ3n) is 0.835. The van der Waals surface area contributed by atoms with Crippen LogP contribution in [0.2, 0.25) is 0 Å². The van der Waals surface area contributed by atoms with Crippen molar-refractivity contribution in [2.45, 2.75) is 13.8 Å². The Bertz CT molecular complexity index is 204. The molecule has 0 fully saturated rings. The van der Waals surface area contributed by atoms with E-state index in [0.717, 1.165) is 0 Å². The van der Waals surface area contributed by atoms with Crippen LogP contribution in [0.4, 0.5) is 0 Å². The van der Waals surface area contributed by atoms with Crippen molar-refractivity contribution < 1.29 is 18.5 Å². The zero-order chi connectivity index (χ0) is 9.56. The molecule has 0 aromatic heterocycles. The van der Waals surface area contributed by atoms with Crippen molar-refractivity contribution in [1.82, 2.24) is 5.48 Å². The Morgan fingerprint density at radius 3 is 2.67 bits per heavy atom. The lowest BCUT2D eigenvalue weighted by Crippen LogP contribution is -2.21. The fourth-order valence-electron chi connectivity index (χ4n) is 0.298. The number of carbonyl (C=O) groups is 1. The molecule has 1 N–H and O–H groups in total. The van der Waals surface area contributed by atoms with E-state index in [4.69, 9.17) is 0 Å². The number of rotatable bonds is 5. The first-order valence-electron chi connectivity index (χ1n) is 3.31. The Labute approximate surface area is 71.6 Å². The van der Waals surface area contributed by atoms with Gasteiger partial charge in [-0.3, -0.25) is 4.79 Å². The molecule has 0 rings (SSSR count). The molecular formula is C6H11NO4P+. The van der Waals surface area contributed by atoms with Crippen molar-refractivity contribution >= 4 is 14.2 Å². The molecule has 0 radical (unpaired) electrons. The summed E-state index contributed by atoms with van der Waals surface area (Å²) in [6.07, 6.45) is 0. The summed E-state index contributed by atoms with van der Waals surface area (Å²) >= 11 is 0. The van der Waals surface area contributed by atoms with Crippen LogP contribution in [0, 0.1) is 0 Å². The molecule has 1 unspecified atom stereocenters. The van der Waals surface area contributed by atoms with Gasteiger partial charge >= 0.3 is 8.25 Å². The fraction of sp³-hybridized carbons (Fsp3) is 0.500. The van der Waals surface area contributed by atoms with Crippen molar-refractivity contribution in [1.29, 1.82) is 0 Å². The van der Waals surface area contributed by atoms with Gasteiger partial charge in [0.05, 0.1) is 0 Å². The molecule has 68 valence electrons. The zero-order valence-corrected chi connectivity index (χ0v) is 7.89. The summed E-state index contributed by atoms with van der Waals surface area (Å²) in [5.41, 5.74) is 2.19. The third-order valence-corrected chi connectivity index (χ3v) is 1.54. The molecule has 0 heterocycles. The van der Waals surface area contributed by atoms with Crippen LogP contribution >= 0.6 is 8.25 Å². The lowest BCUT2D eigenvalue weighted by atomic mass is 10.3. The average molecular weight is 192 g/mol. The van der Waals surface area contributed by atoms with E-state index < -0.39 is 14.2 Å². The summed E-state index contributed by atoms with van der Waals surface area (Å²) in [6.45, 7) is 6.78. The average Bonchev–Trinajstić information content (AvgIpc) is 2.00. The van der Waals surface area contributed by atoms with E-state index in [2.05, 4.69) is 15.7 Å². The highest BCUT2D eigenvalue weighted by Crippen LogP contribution is 2.20. The number of nitrogens with one attached hydrogen (secondary N) is 1. The van der Waals surface area contributed by atoms with Crippen LogP contribution in [0.3, 0.4) is 0 Å². The van der Waals surface area contributed by atoms with E-state index >= 15 is 0 Å². The maximum Gasteiger partial charge on any atom is 0.721 e. The van der Waals surface area contributed by atoms with Gasteiger partial charge in [0, 0.05) is 14.8 Å². The van der Waals surface area contributed by atoms with Gasteiger partial charge in [-0.2, -0.15) is 5.48 Å². The van der Waals surface area contributed by atoms with Gasteiger partial charge < -0.3 is 0 Å². The summed E-state index contributed by atoms with van der Waals surface area (Å²) in [4.78, 5) is 10.7. The quantitative estimate of drug-likeness (QED) is 0.405. The van der Waals surface area contributed by atoms with Crippen LogP contribution in [0.5, 0.6) is 0 Å². The molecule has 5 nitrogen and oxygen atoms in total. The topological polar surface area (TPSA) is 64.6 Å². The van der Waals surface area contributed by atoms with Gasteiger partial charge in [-0.25, -0.2) is 0 Å². The van der Waals surface area contributed by atoms with Gasteiger partial charge in [-0.15, -0.1) is 4.52 Å². The second-order valence-electron chi connectivity index (χ2n) is 1.94. The summed E-state index contributed by atoms with van der Waals surface area (Å²) in [5, 5.41) is 0. The van der Waals surface area contributed by atoms with Crippen molar-refractivity contribution in [3.8, 4) is 0 Å². The molecule has 0 aromatic rings. The first-order chi connectivity index (χ1) is 5.57. The lowest BCUT2D eigenvalue weighted by Gasteiger charge is -1.93. The van der Waals surface area contributed by atoms with E-state index in [9.17, 15) is 9.36 Å². The number of amides is 1. The van der Waals surface area contributed by atoms with E-state index in [1.807, 2.05) is 5.48 Å². The lowest BCUT2D eigenvalue weighted by molar-refractivity contribution is -0.123. The molecule has 0 bridgehead atoms. The molecule has 6 heteroatoms. The van der Waals surface area contributed by atoms with Crippen LogP contribution in [-0.2, 0) is 18.5 Å².